The van der Waals surface area contributed by atoms with Crippen molar-refractivity contribution in [1.82, 2.24) is 0 Å². The molecule has 0 bridgehead atoms. The van der Waals surface area contributed by atoms with E-state index >= 15 is 0 Å². The molecule has 2 nitrogen and oxygen atoms in total. The Morgan fingerprint density at radius 3 is 2.58 bits per heavy atom. The van der Waals surface area contributed by atoms with Crippen molar-refractivity contribution in [2.45, 2.75) is 45.6 Å². The van der Waals surface area contributed by atoms with Gasteiger partial charge in [-0.3, -0.25) is 4.79 Å². The van der Waals surface area contributed by atoms with Crippen LogP contribution in [0.1, 0.15) is 49.8 Å². The summed E-state index contributed by atoms with van der Waals surface area (Å²) in [6.07, 6.45) is 4.55. The smallest absolute Gasteiger partial charge is 0.251 e. The molecule has 2 aromatic carbocycles. The number of aryl methyl sites for hydroxylation is 1. The minimum Gasteiger partial charge on any atom is -0.303 e. The van der Waals surface area contributed by atoms with Crippen molar-refractivity contribution in [2.24, 2.45) is 0 Å². The highest BCUT2D eigenvalue weighted by Crippen LogP contribution is 2.43. The van der Waals surface area contributed by atoms with E-state index in [9.17, 15) is 4.79 Å². The maximum Gasteiger partial charge on any atom is 0.251 e. The summed E-state index contributed by atoms with van der Waals surface area (Å²) in [5.41, 5.74) is 4.41. The van der Waals surface area contributed by atoms with Crippen molar-refractivity contribution in [3.8, 4) is 0 Å². The van der Waals surface area contributed by atoms with Crippen molar-refractivity contribution >= 4 is 17.7 Å². The predicted molar refractivity (Wildman–Crippen MR) is 101 cm³/mol. The number of carbonyl (C=O) groups excluding carboxylic acids is 1. The van der Waals surface area contributed by atoms with Gasteiger partial charge in [-0.15, -0.1) is 0 Å². The number of nitrogens with zero attached hydrogens (tertiary/aromatic N) is 1. The maximum absolute atomic E-state index is 13.0. The minimum absolute atomic E-state index is 0.0425. The lowest BCUT2D eigenvalue weighted by Gasteiger charge is -2.45. The van der Waals surface area contributed by atoms with Crippen molar-refractivity contribution in [3.05, 3.63) is 71.3 Å². The van der Waals surface area contributed by atoms with Crippen molar-refractivity contribution in [3.63, 3.8) is 0 Å². The van der Waals surface area contributed by atoms with Crippen molar-refractivity contribution in [2.75, 3.05) is 4.90 Å². The number of hydrogen-bond acceptors (Lipinski definition) is 1. The van der Waals surface area contributed by atoms with Gasteiger partial charge in [0.2, 0.25) is 0 Å². The summed E-state index contributed by atoms with van der Waals surface area (Å²) in [7, 11) is 0. The van der Waals surface area contributed by atoms with Crippen LogP contribution in [0.25, 0.3) is 6.08 Å². The van der Waals surface area contributed by atoms with Crippen LogP contribution in [0.3, 0.4) is 0 Å². The van der Waals surface area contributed by atoms with Gasteiger partial charge in [-0.25, -0.2) is 0 Å². The van der Waals surface area contributed by atoms with Crippen LogP contribution in [-0.4, -0.2) is 11.4 Å². The highest BCUT2D eigenvalue weighted by Gasteiger charge is 2.39. The van der Waals surface area contributed by atoms with E-state index in [0.29, 0.717) is 5.92 Å². The molecule has 0 saturated heterocycles. The first-order valence-corrected chi connectivity index (χ1v) is 8.56. The number of carbonyl (C=O) groups is 1. The van der Waals surface area contributed by atoms with E-state index in [0.717, 1.165) is 17.7 Å². The third-order valence-electron chi connectivity index (χ3n) is 4.80. The van der Waals surface area contributed by atoms with Gasteiger partial charge in [-0.2, -0.15) is 0 Å². The zero-order valence-corrected chi connectivity index (χ0v) is 14.9. The van der Waals surface area contributed by atoms with E-state index in [-0.39, 0.29) is 11.4 Å². The monoisotopic (exact) mass is 319 g/mol. The van der Waals surface area contributed by atoms with Gasteiger partial charge in [0.1, 0.15) is 0 Å². The Hall–Kier alpha value is -2.35. The Labute approximate surface area is 144 Å². The Balaban J connectivity index is 1.97. The number of fused-ring (bicyclic) bond motifs is 1. The first kappa shape index (κ1) is 16.5. The molecular weight excluding hydrogens is 294 g/mol. The molecule has 2 aromatic rings. The van der Waals surface area contributed by atoms with E-state index in [1.54, 1.807) is 6.08 Å². The lowest BCUT2D eigenvalue weighted by Crippen LogP contribution is -2.51. The van der Waals surface area contributed by atoms with Crippen LogP contribution >= 0.6 is 0 Å². The van der Waals surface area contributed by atoms with Crippen LogP contribution in [0.5, 0.6) is 0 Å². The van der Waals surface area contributed by atoms with E-state index < -0.39 is 0 Å². The average Bonchev–Trinajstić information content (AvgIpc) is 2.54. The molecule has 0 aromatic heterocycles. The minimum atomic E-state index is -0.195. The predicted octanol–water partition coefficient (Wildman–Crippen LogP) is 5.33. The van der Waals surface area contributed by atoms with Crippen LogP contribution in [0.2, 0.25) is 0 Å². The third-order valence-corrected chi connectivity index (χ3v) is 4.80. The molecule has 2 heteroatoms. The summed E-state index contributed by atoms with van der Waals surface area (Å²) in [6, 6.07) is 16.4. The average molecular weight is 319 g/mol. The molecule has 24 heavy (non-hydrogen) atoms. The second-order valence-corrected chi connectivity index (χ2v) is 7.40. The normalized spacial score (nSPS) is 19.3. The number of hydrogen-bond donors (Lipinski definition) is 0. The summed E-state index contributed by atoms with van der Waals surface area (Å²) in [5, 5.41) is 0. The molecule has 0 radical (unpaired) electrons. The van der Waals surface area contributed by atoms with E-state index in [2.05, 4.69) is 45.9 Å². The summed E-state index contributed by atoms with van der Waals surface area (Å²) in [4.78, 5) is 14.9. The zero-order chi connectivity index (χ0) is 17.3. The van der Waals surface area contributed by atoms with Crippen molar-refractivity contribution < 1.29 is 4.79 Å². The van der Waals surface area contributed by atoms with Gasteiger partial charge in [0.15, 0.2) is 0 Å². The maximum atomic E-state index is 13.0. The first-order valence-electron chi connectivity index (χ1n) is 8.56. The lowest BCUT2D eigenvalue weighted by molar-refractivity contribution is -0.115. The zero-order valence-electron chi connectivity index (χ0n) is 14.9. The molecule has 1 aliphatic heterocycles. The molecule has 1 aliphatic rings. The largest absolute Gasteiger partial charge is 0.303 e. The highest BCUT2D eigenvalue weighted by atomic mass is 16.2. The lowest BCUT2D eigenvalue weighted by atomic mass is 9.79. The Morgan fingerprint density at radius 1 is 1.17 bits per heavy atom. The Morgan fingerprint density at radius 2 is 1.88 bits per heavy atom. The van der Waals surface area contributed by atoms with Crippen LogP contribution in [0.4, 0.5) is 5.69 Å². The van der Waals surface area contributed by atoms with Gasteiger partial charge in [0, 0.05) is 17.3 Å². The van der Waals surface area contributed by atoms with Crippen LogP contribution in [0.15, 0.2) is 54.6 Å². The summed E-state index contributed by atoms with van der Waals surface area (Å²) in [6.45, 7) is 8.66. The molecular formula is C22H25NO. The van der Waals surface area contributed by atoms with Gasteiger partial charge in [-0.05, 0) is 56.4 Å². The van der Waals surface area contributed by atoms with Gasteiger partial charge >= 0.3 is 0 Å². The van der Waals surface area contributed by atoms with E-state index in [1.165, 1.54) is 11.1 Å². The van der Waals surface area contributed by atoms with E-state index in [1.807, 2.05) is 41.3 Å². The molecule has 124 valence electrons. The molecule has 1 atom stereocenters. The number of anilines is 1. The van der Waals surface area contributed by atoms with Crippen LogP contribution < -0.4 is 4.90 Å². The third kappa shape index (κ3) is 3.14. The van der Waals surface area contributed by atoms with Crippen molar-refractivity contribution in [1.29, 1.82) is 0 Å². The molecule has 0 spiro atoms. The molecule has 1 heterocycles. The van der Waals surface area contributed by atoms with Gasteiger partial charge in [0.05, 0.1) is 0 Å². The second-order valence-electron chi connectivity index (χ2n) is 7.40. The van der Waals surface area contributed by atoms with E-state index in [4.69, 9.17) is 0 Å². The number of amides is 1. The molecule has 0 N–H and O–H groups in total. The van der Waals surface area contributed by atoms with Gasteiger partial charge < -0.3 is 4.90 Å². The van der Waals surface area contributed by atoms with Crippen LogP contribution in [0, 0.1) is 6.92 Å². The number of rotatable bonds is 2. The first-order chi connectivity index (χ1) is 11.4. The fraction of sp³-hybridized carbons (Fsp3) is 0.318. The fourth-order valence-corrected chi connectivity index (χ4v) is 3.77. The summed E-state index contributed by atoms with van der Waals surface area (Å²) >= 11 is 0. The molecule has 0 unspecified atom stereocenters. The number of benzene rings is 2. The highest BCUT2D eigenvalue weighted by molar-refractivity contribution is 6.05. The Bertz CT molecular complexity index is 774. The molecule has 1 amide bonds. The fourth-order valence-electron chi connectivity index (χ4n) is 3.77. The SMILES string of the molecule is Cc1ccc2c(c1)[C@@H](C)CC(C)(C)N2C(=O)/C=C\c1ccccc1. The molecule has 0 fully saturated rings. The van der Waals surface area contributed by atoms with Gasteiger partial charge in [-0.1, -0.05) is 55.0 Å². The Kier molecular flexibility index (Phi) is 4.31. The summed E-state index contributed by atoms with van der Waals surface area (Å²) < 4.78 is 0. The quantitative estimate of drug-likeness (QED) is 0.685. The second kappa shape index (κ2) is 6.27. The molecule has 0 aliphatic carbocycles. The van der Waals surface area contributed by atoms with Crippen LogP contribution in [-0.2, 0) is 4.79 Å². The van der Waals surface area contributed by atoms with Gasteiger partial charge in [0.25, 0.3) is 5.91 Å². The standard InChI is InChI=1S/C22H25NO/c1-16-10-12-20-19(14-16)17(2)15-22(3,4)23(20)21(24)13-11-18-8-6-5-7-9-18/h5-14,17H,15H2,1-4H3/b13-11-/t17-/m0/s1. The topological polar surface area (TPSA) is 20.3 Å². The molecule has 3 rings (SSSR count). The molecule has 0 saturated carbocycles. The summed E-state index contributed by atoms with van der Waals surface area (Å²) in [5.74, 6) is 0.498.